The van der Waals surface area contributed by atoms with Crippen molar-refractivity contribution >= 4 is 17.8 Å². The Morgan fingerprint density at radius 1 is 0.703 bits per heavy atom. The number of anilines is 3. The molecular formula is C27H36N6O4. The average Bonchev–Trinajstić information content (AvgIpc) is 2.94. The van der Waals surface area contributed by atoms with Crippen molar-refractivity contribution in [3.05, 3.63) is 47.5 Å². The van der Waals surface area contributed by atoms with Crippen LogP contribution in [-0.2, 0) is 13.1 Å². The minimum Gasteiger partial charge on any atom is -0.496 e. The number of para-hydroxylation sites is 1. The van der Waals surface area contributed by atoms with E-state index in [0.29, 0.717) is 54.2 Å². The molecule has 0 atom stereocenters. The van der Waals surface area contributed by atoms with Crippen molar-refractivity contribution in [3.63, 3.8) is 0 Å². The first-order valence-electron chi connectivity index (χ1n) is 12.5. The highest BCUT2D eigenvalue weighted by atomic mass is 16.5. The lowest BCUT2D eigenvalue weighted by Crippen LogP contribution is -2.24. The molecule has 0 bridgehead atoms. The van der Waals surface area contributed by atoms with Gasteiger partial charge in [-0.25, -0.2) is 0 Å². The first-order chi connectivity index (χ1) is 18.1. The predicted octanol–water partition coefficient (Wildman–Crippen LogP) is 4.87. The van der Waals surface area contributed by atoms with Crippen molar-refractivity contribution in [2.45, 2.75) is 51.2 Å². The van der Waals surface area contributed by atoms with Crippen molar-refractivity contribution < 1.29 is 18.9 Å². The quantitative estimate of drug-likeness (QED) is 0.313. The second-order valence-corrected chi connectivity index (χ2v) is 8.84. The molecule has 198 valence electrons. The molecule has 1 heterocycles. The highest BCUT2D eigenvalue weighted by molar-refractivity contribution is 5.54. The van der Waals surface area contributed by atoms with E-state index in [1.165, 1.54) is 19.3 Å². The minimum atomic E-state index is 0.362. The number of rotatable bonds is 12. The van der Waals surface area contributed by atoms with Crippen molar-refractivity contribution in [1.29, 1.82) is 0 Å². The summed E-state index contributed by atoms with van der Waals surface area (Å²) in [7, 11) is 6.45. The van der Waals surface area contributed by atoms with Gasteiger partial charge in [-0.1, -0.05) is 37.5 Å². The second kappa shape index (κ2) is 12.8. The van der Waals surface area contributed by atoms with E-state index in [4.69, 9.17) is 18.9 Å². The Bertz CT molecular complexity index is 1140. The van der Waals surface area contributed by atoms with E-state index < -0.39 is 0 Å². The summed E-state index contributed by atoms with van der Waals surface area (Å²) in [5, 5.41) is 10.2. The van der Waals surface area contributed by atoms with Crippen molar-refractivity contribution in [2.75, 3.05) is 44.4 Å². The fourth-order valence-corrected chi connectivity index (χ4v) is 4.47. The smallest absolute Gasteiger partial charge is 0.229 e. The third-order valence-electron chi connectivity index (χ3n) is 6.38. The molecule has 0 spiro atoms. The lowest BCUT2D eigenvalue weighted by molar-refractivity contribution is 0.324. The molecular weight excluding hydrogens is 472 g/mol. The highest BCUT2D eigenvalue weighted by Gasteiger charge is 2.17. The summed E-state index contributed by atoms with van der Waals surface area (Å²) in [5.74, 6) is 4.04. The molecule has 2 aromatic carbocycles. The number of hydrogen-bond donors (Lipinski definition) is 3. The number of nitrogens with one attached hydrogen (secondary N) is 3. The van der Waals surface area contributed by atoms with E-state index in [-0.39, 0.29) is 0 Å². The summed E-state index contributed by atoms with van der Waals surface area (Å²) >= 11 is 0. The molecule has 0 unspecified atom stereocenters. The summed E-state index contributed by atoms with van der Waals surface area (Å²) in [6.45, 7) is 0.971. The monoisotopic (exact) mass is 508 g/mol. The zero-order chi connectivity index (χ0) is 26.0. The number of aromatic nitrogens is 3. The van der Waals surface area contributed by atoms with Gasteiger partial charge in [-0.2, -0.15) is 15.0 Å². The van der Waals surface area contributed by atoms with Crippen LogP contribution in [0.3, 0.4) is 0 Å². The summed E-state index contributed by atoms with van der Waals surface area (Å²) < 4.78 is 21.9. The maximum Gasteiger partial charge on any atom is 0.229 e. The van der Waals surface area contributed by atoms with Gasteiger partial charge in [0.25, 0.3) is 0 Å². The molecule has 1 saturated carbocycles. The lowest BCUT2D eigenvalue weighted by atomic mass is 9.96. The molecule has 1 aromatic heterocycles. The van der Waals surface area contributed by atoms with Crippen LogP contribution in [0.5, 0.6) is 23.0 Å². The fourth-order valence-electron chi connectivity index (χ4n) is 4.47. The fraction of sp³-hybridized carbons (Fsp3) is 0.444. The number of benzene rings is 2. The number of hydrogen-bond acceptors (Lipinski definition) is 10. The Labute approximate surface area is 218 Å². The zero-order valence-corrected chi connectivity index (χ0v) is 22.0. The average molecular weight is 509 g/mol. The van der Waals surface area contributed by atoms with Crippen LogP contribution >= 0.6 is 0 Å². The standard InChI is InChI=1S/C27H36N6O4/c1-34-21-13-9-8-10-19(21)17-29-26-31-25(32-27(33-26)30-20-11-6-5-7-12-20)28-16-18-14-22(35-2)24(37-4)23(15-18)36-3/h8-10,13-15,20H,5-7,11-12,16-17H2,1-4H3,(H3,28,29,30,31,32,33). The SMILES string of the molecule is COc1ccccc1CNc1nc(NCc2cc(OC)c(OC)c(OC)c2)nc(NC2CCCCC2)n1. The van der Waals surface area contributed by atoms with E-state index in [2.05, 4.69) is 30.9 Å². The van der Waals surface area contributed by atoms with Crippen LogP contribution in [0.4, 0.5) is 17.8 Å². The molecule has 0 amide bonds. The van der Waals surface area contributed by atoms with Gasteiger partial charge in [-0.15, -0.1) is 0 Å². The van der Waals surface area contributed by atoms with E-state index in [0.717, 1.165) is 29.7 Å². The van der Waals surface area contributed by atoms with E-state index in [9.17, 15) is 0 Å². The molecule has 10 nitrogen and oxygen atoms in total. The van der Waals surface area contributed by atoms with Gasteiger partial charge in [0.15, 0.2) is 11.5 Å². The predicted molar refractivity (Wildman–Crippen MR) is 144 cm³/mol. The largest absolute Gasteiger partial charge is 0.496 e. The van der Waals surface area contributed by atoms with Crippen LogP contribution in [0.15, 0.2) is 36.4 Å². The molecule has 1 aliphatic rings. The molecule has 1 fully saturated rings. The van der Waals surface area contributed by atoms with Gasteiger partial charge in [-0.05, 0) is 36.6 Å². The van der Waals surface area contributed by atoms with Crippen LogP contribution in [0, 0.1) is 0 Å². The first kappa shape index (κ1) is 26.1. The molecule has 4 rings (SSSR count). The number of methoxy groups -OCH3 is 4. The second-order valence-electron chi connectivity index (χ2n) is 8.84. The Kier molecular flexibility index (Phi) is 9.07. The van der Waals surface area contributed by atoms with Gasteiger partial charge in [0.1, 0.15) is 5.75 Å². The minimum absolute atomic E-state index is 0.362. The summed E-state index contributed by atoms with van der Waals surface area (Å²) in [4.78, 5) is 13.9. The van der Waals surface area contributed by atoms with Crippen LogP contribution in [0.2, 0.25) is 0 Å². The van der Waals surface area contributed by atoms with E-state index >= 15 is 0 Å². The maximum absolute atomic E-state index is 5.48. The van der Waals surface area contributed by atoms with Gasteiger partial charge in [-0.3, -0.25) is 0 Å². The van der Waals surface area contributed by atoms with Gasteiger partial charge in [0, 0.05) is 24.7 Å². The van der Waals surface area contributed by atoms with Crippen LogP contribution in [0.25, 0.3) is 0 Å². The Morgan fingerprint density at radius 2 is 1.30 bits per heavy atom. The van der Waals surface area contributed by atoms with Gasteiger partial charge in [0.05, 0.1) is 28.4 Å². The number of ether oxygens (including phenoxy) is 4. The van der Waals surface area contributed by atoms with Crippen LogP contribution in [-0.4, -0.2) is 49.4 Å². The molecule has 1 aliphatic carbocycles. The van der Waals surface area contributed by atoms with Crippen molar-refractivity contribution in [3.8, 4) is 23.0 Å². The molecule has 0 saturated heterocycles. The van der Waals surface area contributed by atoms with Crippen molar-refractivity contribution in [1.82, 2.24) is 15.0 Å². The van der Waals surface area contributed by atoms with Crippen LogP contribution in [0.1, 0.15) is 43.2 Å². The zero-order valence-electron chi connectivity index (χ0n) is 22.0. The highest BCUT2D eigenvalue weighted by Crippen LogP contribution is 2.38. The topological polar surface area (TPSA) is 112 Å². The summed E-state index contributed by atoms with van der Waals surface area (Å²) in [6.07, 6.45) is 5.94. The molecule has 3 N–H and O–H groups in total. The number of nitrogens with zero attached hydrogens (tertiary/aromatic N) is 3. The molecule has 0 aliphatic heterocycles. The normalized spacial score (nSPS) is 13.5. The lowest BCUT2D eigenvalue weighted by Gasteiger charge is -2.23. The maximum atomic E-state index is 5.48. The Morgan fingerprint density at radius 3 is 1.92 bits per heavy atom. The van der Waals surface area contributed by atoms with Crippen molar-refractivity contribution in [2.24, 2.45) is 0 Å². The molecule has 10 heteroatoms. The van der Waals surface area contributed by atoms with Gasteiger partial charge >= 0.3 is 0 Å². The van der Waals surface area contributed by atoms with E-state index in [1.54, 1.807) is 28.4 Å². The summed E-state index contributed by atoms with van der Waals surface area (Å²) in [5.41, 5.74) is 1.94. The first-order valence-corrected chi connectivity index (χ1v) is 12.5. The summed E-state index contributed by atoms with van der Waals surface area (Å²) in [6, 6.07) is 12.0. The third kappa shape index (κ3) is 6.84. The van der Waals surface area contributed by atoms with E-state index in [1.807, 2.05) is 36.4 Å². The van der Waals surface area contributed by atoms with Gasteiger partial charge < -0.3 is 34.9 Å². The van der Waals surface area contributed by atoms with Gasteiger partial charge in [0.2, 0.25) is 23.6 Å². The third-order valence-corrected chi connectivity index (χ3v) is 6.38. The Balaban J connectivity index is 1.54. The molecule has 0 radical (unpaired) electrons. The molecule has 37 heavy (non-hydrogen) atoms. The molecule has 3 aromatic rings. The van der Waals surface area contributed by atoms with Crippen LogP contribution < -0.4 is 34.9 Å². The Hall–Kier alpha value is -3.95.